The van der Waals surface area contributed by atoms with Crippen molar-refractivity contribution >= 4 is 0 Å². The summed E-state index contributed by atoms with van der Waals surface area (Å²) in [4.78, 5) is 11.0. The zero-order valence-electron chi connectivity index (χ0n) is 18.9. The van der Waals surface area contributed by atoms with E-state index in [1.165, 1.54) is 116 Å². The van der Waals surface area contributed by atoms with Gasteiger partial charge in [-0.1, -0.05) is 129 Å². The quantitative estimate of drug-likeness (QED) is 0.100. The maximum Gasteiger partial charge on any atom is 0.0523 e. The van der Waals surface area contributed by atoms with E-state index < -0.39 is 0 Å². The molecule has 0 N–H and O–H groups in total. The largest absolute Gasteiger partial charge is 0.261 e. The Morgan fingerprint density at radius 1 is 0.444 bits per heavy atom. The molecule has 3 nitrogen and oxygen atoms in total. The van der Waals surface area contributed by atoms with Crippen LogP contribution in [0.1, 0.15) is 142 Å². The Morgan fingerprint density at radius 3 is 0.963 bits per heavy atom. The van der Waals surface area contributed by atoms with Gasteiger partial charge in [-0.05, 0) is 12.8 Å². The first-order chi connectivity index (χ1) is 13.3. The molecule has 0 saturated heterocycles. The zero-order valence-corrected chi connectivity index (χ0v) is 18.9. The number of rotatable bonds is 23. The predicted molar refractivity (Wildman–Crippen MR) is 121 cm³/mol. The minimum absolute atomic E-state index is 0.859. The van der Waals surface area contributed by atoms with E-state index in [1.807, 2.05) is 0 Å². The molecule has 0 spiro atoms. The smallest absolute Gasteiger partial charge is 0.0523 e. The highest BCUT2D eigenvalue weighted by Crippen LogP contribution is 2.12. The van der Waals surface area contributed by atoms with E-state index in [-0.39, 0.29) is 0 Å². The van der Waals surface area contributed by atoms with Gasteiger partial charge in [0.1, 0.15) is 0 Å². The van der Waals surface area contributed by atoms with Crippen LogP contribution in [0, 0.1) is 4.91 Å². The van der Waals surface area contributed by atoms with Gasteiger partial charge in [-0.25, -0.2) is 0 Å². The Morgan fingerprint density at radius 2 is 0.704 bits per heavy atom. The monoisotopic (exact) mass is 382 g/mol. The van der Waals surface area contributed by atoms with E-state index in [9.17, 15) is 4.91 Å². The van der Waals surface area contributed by atoms with Crippen LogP contribution >= 0.6 is 0 Å². The van der Waals surface area contributed by atoms with E-state index in [2.05, 4.69) is 19.1 Å². The van der Waals surface area contributed by atoms with Gasteiger partial charge in [0, 0.05) is 13.1 Å². The zero-order chi connectivity index (χ0) is 19.8. The van der Waals surface area contributed by atoms with Crippen LogP contribution in [0.2, 0.25) is 0 Å². The highest BCUT2D eigenvalue weighted by Gasteiger charge is 2.02. The molecule has 0 bridgehead atoms. The van der Waals surface area contributed by atoms with Crippen LogP contribution in [-0.4, -0.2) is 18.1 Å². The summed E-state index contributed by atoms with van der Waals surface area (Å²) in [6, 6.07) is 0. The predicted octanol–water partition coefficient (Wildman–Crippen LogP) is 8.81. The molecule has 162 valence electrons. The van der Waals surface area contributed by atoms with Crippen LogP contribution in [0.5, 0.6) is 0 Å². The van der Waals surface area contributed by atoms with Gasteiger partial charge in [0.15, 0.2) is 0 Å². The van der Waals surface area contributed by atoms with Gasteiger partial charge in [-0.15, -0.1) is 4.91 Å². The Kier molecular flexibility index (Phi) is 22.9. The van der Waals surface area contributed by atoms with Crippen molar-refractivity contribution in [2.24, 2.45) is 5.29 Å². The molecular weight excluding hydrogens is 332 g/mol. The average Bonchev–Trinajstić information content (AvgIpc) is 2.69. The highest BCUT2D eigenvalue weighted by molar-refractivity contribution is 4.55. The molecule has 0 heterocycles. The van der Waals surface area contributed by atoms with Gasteiger partial charge >= 0.3 is 0 Å². The van der Waals surface area contributed by atoms with Crippen molar-refractivity contribution in [1.29, 1.82) is 0 Å². The molecule has 0 aromatic rings. The lowest BCUT2D eigenvalue weighted by Gasteiger charge is -2.14. The molecule has 0 aliphatic carbocycles. The molecule has 0 aliphatic rings. The molecule has 0 aliphatic heterocycles. The van der Waals surface area contributed by atoms with Crippen molar-refractivity contribution in [2.45, 2.75) is 142 Å². The molecule has 0 aromatic heterocycles. The molecule has 0 rings (SSSR count). The van der Waals surface area contributed by atoms with E-state index in [0.717, 1.165) is 25.9 Å². The van der Waals surface area contributed by atoms with Crippen LogP contribution in [0.15, 0.2) is 5.29 Å². The van der Waals surface area contributed by atoms with Gasteiger partial charge in [0.2, 0.25) is 0 Å². The number of nitrogens with zero attached hydrogens (tertiary/aromatic N) is 2. The van der Waals surface area contributed by atoms with Crippen LogP contribution in [0.25, 0.3) is 0 Å². The lowest BCUT2D eigenvalue weighted by atomic mass is 10.1. The third-order valence-corrected chi connectivity index (χ3v) is 5.66. The maximum atomic E-state index is 11.0. The third-order valence-electron chi connectivity index (χ3n) is 5.66. The molecule has 27 heavy (non-hydrogen) atoms. The SMILES string of the molecule is CCCCCCCCCCCCN(CCCCCCCCCCCC)N=O. The second-order valence-electron chi connectivity index (χ2n) is 8.40. The van der Waals surface area contributed by atoms with Gasteiger partial charge in [0.05, 0.1) is 5.29 Å². The van der Waals surface area contributed by atoms with Crippen LogP contribution in [-0.2, 0) is 0 Å². The summed E-state index contributed by atoms with van der Waals surface area (Å²) in [6.45, 7) is 6.26. The second-order valence-corrected chi connectivity index (χ2v) is 8.40. The van der Waals surface area contributed by atoms with Crippen LogP contribution in [0.4, 0.5) is 0 Å². The fraction of sp³-hybridized carbons (Fsp3) is 1.00. The van der Waals surface area contributed by atoms with Crippen LogP contribution in [0.3, 0.4) is 0 Å². The summed E-state index contributed by atoms with van der Waals surface area (Å²) in [5.41, 5.74) is 0. The van der Waals surface area contributed by atoms with Crippen LogP contribution < -0.4 is 0 Å². The lowest BCUT2D eigenvalue weighted by molar-refractivity contribution is 0.269. The summed E-state index contributed by atoms with van der Waals surface area (Å²) >= 11 is 0. The van der Waals surface area contributed by atoms with Gasteiger partial charge in [-0.2, -0.15) is 0 Å². The molecule has 0 fully saturated rings. The summed E-state index contributed by atoms with van der Waals surface area (Å²) in [5.74, 6) is 0. The minimum Gasteiger partial charge on any atom is -0.261 e. The summed E-state index contributed by atoms with van der Waals surface area (Å²) in [7, 11) is 0. The fourth-order valence-corrected chi connectivity index (χ4v) is 3.76. The fourth-order valence-electron chi connectivity index (χ4n) is 3.76. The topological polar surface area (TPSA) is 32.7 Å². The van der Waals surface area contributed by atoms with Crippen molar-refractivity contribution in [3.63, 3.8) is 0 Å². The summed E-state index contributed by atoms with van der Waals surface area (Å²) in [6.07, 6.45) is 26.8. The Hall–Kier alpha value is -0.600. The maximum absolute atomic E-state index is 11.0. The highest BCUT2D eigenvalue weighted by atomic mass is 16.3. The van der Waals surface area contributed by atoms with Gasteiger partial charge in [-0.3, -0.25) is 5.01 Å². The normalized spacial score (nSPS) is 11.0. The van der Waals surface area contributed by atoms with Crippen molar-refractivity contribution < 1.29 is 0 Å². The van der Waals surface area contributed by atoms with Crippen molar-refractivity contribution in [1.82, 2.24) is 5.01 Å². The summed E-state index contributed by atoms with van der Waals surface area (Å²) in [5, 5.41) is 4.98. The van der Waals surface area contributed by atoms with E-state index in [4.69, 9.17) is 0 Å². The van der Waals surface area contributed by atoms with Crippen molar-refractivity contribution in [3.8, 4) is 0 Å². The first kappa shape index (κ1) is 26.4. The van der Waals surface area contributed by atoms with Gasteiger partial charge in [0.25, 0.3) is 0 Å². The molecule has 0 atom stereocenters. The molecule has 3 heteroatoms. The number of hydrogen-bond acceptors (Lipinski definition) is 2. The Labute approximate surface area is 171 Å². The van der Waals surface area contributed by atoms with E-state index in [1.54, 1.807) is 5.01 Å². The van der Waals surface area contributed by atoms with Crippen molar-refractivity contribution in [3.05, 3.63) is 4.91 Å². The van der Waals surface area contributed by atoms with E-state index >= 15 is 0 Å². The molecule has 0 amide bonds. The molecule has 0 saturated carbocycles. The molecular formula is C24H50N2O. The number of nitroso groups, excluding NO2 is 1. The average molecular weight is 383 g/mol. The second kappa shape index (κ2) is 23.4. The minimum atomic E-state index is 0.859. The molecule has 0 radical (unpaired) electrons. The standard InChI is InChI=1S/C24H50N2O/c1-3-5-7-9-11-13-15-17-19-21-23-26(25-27)24-22-20-18-16-14-12-10-8-6-4-2/h3-24H2,1-2H3. The number of unbranched alkanes of at least 4 members (excludes halogenated alkanes) is 18. The number of hydrogen-bond donors (Lipinski definition) is 0. The first-order valence-electron chi connectivity index (χ1n) is 12.4. The first-order valence-corrected chi connectivity index (χ1v) is 12.4. The Balaban J connectivity index is 3.29. The molecule has 0 unspecified atom stereocenters. The van der Waals surface area contributed by atoms with E-state index in [0.29, 0.717) is 0 Å². The summed E-state index contributed by atoms with van der Waals surface area (Å²) < 4.78 is 0. The molecule has 0 aromatic carbocycles. The van der Waals surface area contributed by atoms with Gasteiger partial charge < -0.3 is 0 Å². The third kappa shape index (κ3) is 21.6. The van der Waals surface area contributed by atoms with Crippen molar-refractivity contribution in [2.75, 3.05) is 13.1 Å². The Bertz CT molecular complexity index is 260. The lowest BCUT2D eigenvalue weighted by Crippen LogP contribution is -2.19.